The Hall–Kier alpha value is -5.02. The van der Waals surface area contributed by atoms with Crippen LogP contribution in [0.1, 0.15) is 103 Å². The summed E-state index contributed by atoms with van der Waals surface area (Å²) < 4.78 is 2.76. The SMILES string of the molecule is CC(C)(C)c1ccc2c(c1)c1cc(C(C)(C)C)cc3c1n2B1c2cccc4c2N(c2ccccc2C4(C)C)c2cc4c(c-3c21)C(C)(C)c1ccccc1-4. The van der Waals surface area contributed by atoms with E-state index in [0.717, 1.165) is 0 Å². The molecule has 2 nitrogen and oxygen atoms in total. The molecule has 0 unspecified atom stereocenters. The van der Waals surface area contributed by atoms with Gasteiger partial charge in [0.25, 0.3) is 0 Å². The summed E-state index contributed by atoms with van der Waals surface area (Å²) in [5, 5.41) is 2.75. The summed E-state index contributed by atoms with van der Waals surface area (Å²) in [4.78, 5) is 2.66. The summed E-state index contributed by atoms with van der Waals surface area (Å²) in [7, 11) is 0. The standard InChI is InChI=1S/C50H47BN2/c1-47(2,3)28-22-23-39-31(24-28)33-25-29(48(4,5)6)26-34-42-43-32(30-16-11-12-17-35(30)50(43,9)10)27-41-44(42)51(53(39)45(33)34)38-20-15-19-37-46(38)52(41)40-21-14-13-18-36(40)49(37,7)8/h11-27H,1-10H3. The fourth-order valence-corrected chi connectivity index (χ4v) is 10.9. The van der Waals surface area contributed by atoms with Crippen molar-refractivity contribution in [1.29, 1.82) is 0 Å². The van der Waals surface area contributed by atoms with Crippen LogP contribution in [0.25, 0.3) is 44.1 Å². The maximum absolute atomic E-state index is 2.76. The minimum absolute atomic E-state index is 0.0208. The summed E-state index contributed by atoms with van der Waals surface area (Å²) in [5.74, 6) is 0. The number of aromatic nitrogens is 1. The molecule has 0 saturated carbocycles. The molecule has 0 N–H and O–H groups in total. The van der Waals surface area contributed by atoms with Crippen LogP contribution in [-0.4, -0.2) is 11.3 Å². The van der Waals surface area contributed by atoms with Crippen LogP contribution in [0, 0.1) is 0 Å². The van der Waals surface area contributed by atoms with Crippen molar-refractivity contribution >= 4 is 56.6 Å². The lowest BCUT2D eigenvalue weighted by Gasteiger charge is -2.48. The van der Waals surface area contributed by atoms with Crippen LogP contribution in [0.15, 0.2) is 103 Å². The third kappa shape index (κ3) is 3.71. The van der Waals surface area contributed by atoms with Gasteiger partial charge in [-0.2, -0.15) is 0 Å². The quantitative estimate of drug-likeness (QED) is 0.144. The first-order valence-electron chi connectivity index (χ1n) is 19.6. The van der Waals surface area contributed by atoms with E-state index >= 15 is 0 Å². The molecule has 0 amide bonds. The lowest BCUT2D eigenvalue weighted by atomic mass is 9.43. The van der Waals surface area contributed by atoms with E-state index in [1.165, 1.54) is 105 Å². The van der Waals surface area contributed by atoms with Crippen molar-refractivity contribution in [2.75, 3.05) is 4.90 Å². The zero-order chi connectivity index (χ0) is 36.7. The Bertz CT molecular complexity index is 2810. The first kappa shape index (κ1) is 31.5. The van der Waals surface area contributed by atoms with E-state index in [1.807, 2.05) is 0 Å². The average molecular weight is 687 g/mol. The number of para-hydroxylation sites is 2. The van der Waals surface area contributed by atoms with Crippen molar-refractivity contribution in [3.63, 3.8) is 0 Å². The van der Waals surface area contributed by atoms with Crippen molar-refractivity contribution in [3.8, 4) is 22.3 Å². The van der Waals surface area contributed by atoms with Gasteiger partial charge in [-0.15, -0.1) is 0 Å². The topological polar surface area (TPSA) is 8.17 Å². The fraction of sp³-hybridized carbons (Fsp3) is 0.280. The summed E-state index contributed by atoms with van der Waals surface area (Å²) in [5.41, 5.74) is 23.3. The maximum atomic E-state index is 2.76. The number of fused-ring (bicyclic) bond motifs is 13. The molecule has 4 heterocycles. The first-order chi connectivity index (χ1) is 25.1. The van der Waals surface area contributed by atoms with Gasteiger partial charge >= 0.3 is 6.85 Å². The third-order valence-corrected chi connectivity index (χ3v) is 13.6. The van der Waals surface area contributed by atoms with Gasteiger partial charge in [0, 0.05) is 49.6 Å². The van der Waals surface area contributed by atoms with Gasteiger partial charge in [0.1, 0.15) is 0 Å². The van der Waals surface area contributed by atoms with Gasteiger partial charge in [0.05, 0.1) is 5.69 Å². The number of nitrogens with zero attached hydrogens (tertiary/aromatic N) is 2. The predicted octanol–water partition coefficient (Wildman–Crippen LogP) is 11.8. The minimum atomic E-state index is -0.164. The Morgan fingerprint density at radius 2 is 1.23 bits per heavy atom. The van der Waals surface area contributed by atoms with Crippen LogP contribution >= 0.6 is 0 Å². The lowest BCUT2D eigenvalue weighted by Crippen LogP contribution is -2.58. The monoisotopic (exact) mass is 686 g/mol. The Kier molecular flexibility index (Phi) is 5.68. The van der Waals surface area contributed by atoms with Crippen molar-refractivity contribution in [1.82, 2.24) is 4.48 Å². The highest BCUT2D eigenvalue weighted by molar-refractivity contribution is 6.90. The van der Waals surface area contributed by atoms with Crippen LogP contribution in [-0.2, 0) is 21.7 Å². The van der Waals surface area contributed by atoms with E-state index in [4.69, 9.17) is 0 Å². The van der Waals surface area contributed by atoms with E-state index < -0.39 is 0 Å². The number of hydrogen-bond acceptors (Lipinski definition) is 1. The summed E-state index contributed by atoms with van der Waals surface area (Å²) in [6.45, 7) is 24.0. The molecule has 260 valence electrons. The van der Waals surface area contributed by atoms with Gasteiger partial charge in [0.2, 0.25) is 0 Å². The first-order valence-corrected chi connectivity index (χ1v) is 19.6. The molecule has 0 saturated heterocycles. The van der Waals surface area contributed by atoms with Crippen LogP contribution in [0.4, 0.5) is 17.1 Å². The molecule has 0 radical (unpaired) electrons. The number of anilines is 3. The van der Waals surface area contributed by atoms with Crippen LogP contribution in [0.2, 0.25) is 0 Å². The van der Waals surface area contributed by atoms with E-state index in [9.17, 15) is 0 Å². The molecule has 3 aliphatic heterocycles. The summed E-state index contributed by atoms with van der Waals surface area (Å²) in [6.07, 6.45) is 0. The van der Waals surface area contributed by atoms with Gasteiger partial charge in [-0.05, 0) is 108 Å². The molecule has 1 aromatic heterocycles. The molecule has 6 aromatic carbocycles. The van der Waals surface area contributed by atoms with Gasteiger partial charge < -0.3 is 9.38 Å². The molecule has 11 rings (SSSR count). The maximum Gasteiger partial charge on any atom is 0.333 e. The number of hydrogen-bond donors (Lipinski definition) is 0. The molecule has 0 atom stereocenters. The van der Waals surface area contributed by atoms with Crippen molar-refractivity contribution in [3.05, 3.63) is 137 Å². The normalized spacial score (nSPS) is 16.7. The Morgan fingerprint density at radius 1 is 0.547 bits per heavy atom. The summed E-state index contributed by atoms with van der Waals surface area (Å²) in [6, 6.07) is 40.6. The molecule has 7 aromatic rings. The second kappa shape index (κ2) is 9.55. The van der Waals surface area contributed by atoms with Crippen molar-refractivity contribution < 1.29 is 0 Å². The molecule has 3 heteroatoms. The molecular formula is C50H47BN2. The largest absolute Gasteiger partial charge is 0.375 e. The van der Waals surface area contributed by atoms with E-state index in [1.54, 1.807) is 0 Å². The average Bonchev–Trinajstić information content (AvgIpc) is 3.56. The van der Waals surface area contributed by atoms with Crippen LogP contribution < -0.4 is 15.8 Å². The molecule has 0 fully saturated rings. The lowest BCUT2D eigenvalue weighted by molar-refractivity contribution is 0.590. The fourth-order valence-electron chi connectivity index (χ4n) is 10.9. The Balaban J connectivity index is 1.40. The van der Waals surface area contributed by atoms with Gasteiger partial charge in [-0.3, -0.25) is 0 Å². The molecule has 4 aliphatic rings. The Morgan fingerprint density at radius 3 is 1.98 bits per heavy atom. The van der Waals surface area contributed by atoms with E-state index in [0.29, 0.717) is 0 Å². The highest BCUT2D eigenvalue weighted by atomic mass is 15.2. The van der Waals surface area contributed by atoms with E-state index in [-0.39, 0.29) is 28.5 Å². The number of rotatable bonds is 0. The van der Waals surface area contributed by atoms with Gasteiger partial charge in [0.15, 0.2) is 0 Å². The Labute approximate surface area is 314 Å². The van der Waals surface area contributed by atoms with Gasteiger partial charge in [-0.1, -0.05) is 136 Å². The summed E-state index contributed by atoms with van der Waals surface area (Å²) >= 11 is 0. The van der Waals surface area contributed by atoms with Crippen molar-refractivity contribution in [2.45, 2.75) is 90.9 Å². The zero-order valence-electron chi connectivity index (χ0n) is 32.8. The molecular weight excluding hydrogens is 639 g/mol. The van der Waals surface area contributed by atoms with Crippen molar-refractivity contribution in [2.24, 2.45) is 0 Å². The zero-order valence-corrected chi connectivity index (χ0v) is 32.8. The second-order valence-corrected chi connectivity index (χ2v) is 19.4. The van der Waals surface area contributed by atoms with Gasteiger partial charge in [-0.25, -0.2) is 0 Å². The molecule has 53 heavy (non-hydrogen) atoms. The second-order valence-electron chi connectivity index (χ2n) is 19.4. The molecule has 0 bridgehead atoms. The molecule has 0 spiro atoms. The highest BCUT2D eigenvalue weighted by Gasteiger charge is 2.51. The smallest absolute Gasteiger partial charge is 0.333 e. The van der Waals surface area contributed by atoms with E-state index in [2.05, 4.69) is 182 Å². The third-order valence-electron chi connectivity index (χ3n) is 13.6. The van der Waals surface area contributed by atoms with Crippen LogP contribution in [0.3, 0.4) is 0 Å². The molecule has 1 aliphatic carbocycles. The number of benzene rings is 6. The minimum Gasteiger partial charge on any atom is -0.375 e. The predicted molar refractivity (Wildman–Crippen MR) is 227 cm³/mol. The van der Waals surface area contributed by atoms with Crippen LogP contribution in [0.5, 0.6) is 0 Å². The highest BCUT2D eigenvalue weighted by Crippen LogP contribution is 2.59.